The Morgan fingerprint density at radius 1 is 1.23 bits per heavy atom. The lowest BCUT2D eigenvalue weighted by Gasteiger charge is -2.18. The van der Waals surface area contributed by atoms with Crippen LogP contribution >= 0.6 is 11.8 Å². The van der Waals surface area contributed by atoms with Crippen LogP contribution in [0.2, 0.25) is 0 Å². The van der Waals surface area contributed by atoms with Crippen molar-refractivity contribution in [3.63, 3.8) is 0 Å². The third-order valence-corrected chi connectivity index (χ3v) is 7.29. The van der Waals surface area contributed by atoms with E-state index in [-0.39, 0.29) is 27.7 Å². The Bertz CT molecular complexity index is 1170. The zero-order valence-corrected chi connectivity index (χ0v) is 19.3. The van der Waals surface area contributed by atoms with E-state index in [2.05, 4.69) is 20.6 Å². The Kier molecular flexibility index (Phi) is 7.13. The lowest BCUT2D eigenvalue weighted by molar-refractivity contribution is -0.113. The fourth-order valence-corrected chi connectivity index (χ4v) is 4.99. The van der Waals surface area contributed by atoms with Crippen LogP contribution < -0.4 is 5.32 Å². The summed E-state index contributed by atoms with van der Waals surface area (Å²) in [7, 11) is -1.86. The van der Waals surface area contributed by atoms with Crippen LogP contribution in [-0.4, -0.2) is 57.5 Å². The second kappa shape index (κ2) is 9.62. The maximum absolute atomic E-state index is 12.7. The average molecular weight is 465 g/mol. The summed E-state index contributed by atoms with van der Waals surface area (Å²) < 4.78 is 34.1. The van der Waals surface area contributed by atoms with Crippen LogP contribution in [0.25, 0.3) is 11.5 Å². The van der Waals surface area contributed by atoms with Crippen molar-refractivity contribution in [3.8, 4) is 11.5 Å². The van der Waals surface area contributed by atoms with E-state index in [0.29, 0.717) is 24.5 Å². The van der Waals surface area contributed by atoms with Crippen molar-refractivity contribution in [2.45, 2.75) is 30.9 Å². The van der Waals surface area contributed by atoms with Gasteiger partial charge in [-0.2, -0.15) is 9.40 Å². The van der Waals surface area contributed by atoms with Crippen LogP contribution in [0.5, 0.6) is 0 Å². The van der Waals surface area contributed by atoms with Gasteiger partial charge in [0.1, 0.15) is 5.82 Å². The summed E-state index contributed by atoms with van der Waals surface area (Å²) in [6.07, 6.45) is 0. The number of hydrogen-bond donors (Lipinski definition) is 1. The predicted octanol–water partition coefficient (Wildman–Crippen LogP) is 2.54. The number of aromatic nitrogens is 4. The van der Waals surface area contributed by atoms with Gasteiger partial charge in [0, 0.05) is 31.8 Å². The quantitative estimate of drug-likeness (QED) is 0.479. The highest BCUT2D eigenvalue weighted by Gasteiger charge is 2.22. The minimum Gasteiger partial charge on any atom is -0.411 e. The fourth-order valence-electron chi connectivity index (χ4n) is 2.92. The molecule has 31 heavy (non-hydrogen) atoms. The van der Waals surface area contributed by atoms with Gasteiger partial charge in [0.2, 0.25) is 21.8 Å². The number of rotatable bonds is 9. The monoisotopic (exact) mass is 464 g/mol. The van der Waals surface area contributed by atoms with Crippen molar-refractivity contribution in [3.05, 3.63) is 36.0 Å². The molecule has 12 heteroatoms. The number of hydrogen-bond acceptors (Lipinski definition) is 8. The molecule has 0 saturated carbocycles. The van der Waals surface area contributed by atoms with Gasteiger partial charge in [-0.05, 0) is 25.1 Å². The molecule has 1 aromatic carbocycles. The molecule has 10 nitrogen and oxygen atoms in total. The van der Waals surface area contributed by atoms with Gasteiger partial charge in [-0.3, -0.25) is 9.48 Å². The molecule has 0 aliphatic heterocycles. The standard InChI is InChI=1S/C19H24N6O4S2/c1-5-25(6-2)31(27,28)15-9-7-8-14(11-15)18-21-22-19(29-18)30-12-17(26)20-16-10-13(3)23-24(16)4/h7-11H,5-6,12H2,1-4H3,(H,20,26). The Balaban J connectivity index is 1.68. The van der Waals surface area contributed by atoms with E-state index in [4.69, 9.17) is 4.42 Å². The van der Waals surface area contributed by atoms with Crippen LogP contribution in [0.1, 0.15) is 19.5 Å². The molecule has 1 amide bonds. The average Bonchev–Trinajstić information content (AvgIpc) is 3.33. The molecule has 0 aliphatic rings. The van der Waals surface area contributed by atoms with Gasteiger partial charge in [0.05, 0.1) is 16.3 Å². The SMILES string of the molecule is CCN(CC)S(=O)(=O)c1cccc(-c2nnc(SCC(=O)Nc3cc(C)nn3C)o2)c1. The number of anilines is 1. The van der Waals surface area contributed by atoms with Crippen molar-refractivity contribution in [1.29, 1.82) is 0 Å². The molecule has 0 spiro atoms. The van der Waals surface area contributed by atoms with E-state index >= 15 is 0 Å². The van der Waals surface area contributed by atoms with E-state index in [1.165, 1.54) is 16.4 Å². The van der Waals surface area contributed by atoms with Crippen molar-refractivity contribution in [2.24, 2.45) is 7.05 Å². The summed E-state index contributed by atoms with van der Waals surface area (Å²) in [4.78, 5) is 12.3. The first-order valence-electron chi connectivity index (χ1n) is 9.62. The first kappa shape index (κ1) is 23.0. The van der Waals surface area contributed by atoms with E-state index in [1.807, 2.05) is 6.92 Å². The lowest BCUT2D eigenvalue weighted by Crippen LogP contribution is -2.30. The molecular formula is C19H24N6O4S2. The molecule has 0 aliphatic carbocycles. The van der Waals surface area contributed by atoms with Gasteiger partial charge in [-0.25, -0.2) is 8.42 Å². The number of sulfonamides is 1. The minimum absolute atomic E-state index is 0.0717. The summed E-state index contributed by atoms with van der Waals surface area (Å²) in [5, 5.41) is 15.1. The number of thioether (sulfide) groups is 1. The highest BCUT2D eigenvalue weighted by Crippen LogP contribution is 2.26. The summed E-state index contributed by atoms with van der Waals surface area (Å²) in [6.45, 7) is 6.18. The lowest BCUT2D eigenvalue weighted by atomic mass is 10.2. The minimum atomic E-state index is -3.60. The number of nitrogens with zero attached hydrogens (tertiary/aromatic N) is 5. The molecule has 0 radical (unpaired) electrons. The molecule has 2 aromatic heterocycles. The Morgan fingerprint density at radius 2 is 1.97 bits per heavy atom. The van der Waals surface area contributed by atoms with E-state index in [9.17, 15) is 13.2 Å². The molecular weight excluding hydrogens is 440 g/mol. The maximum Gasteiger partial charge on any atom is 0.277 e. The topological polar surface area (TPSA) is 123 Å². The van der Waals surface area contributed by atoms with Gasteiger partial charge >= 0.3 is 0 Å². The largest absolute Gasteiger partial charge is 0.411 e. The molecule has 0 unspecified atom stereocenters. The van der Waals surface area contributed by atoms with E-state index in [1.54, 1.807) is 43.8 Å². The van der Waals surface area contributed by atoms with Crippen molar-refractivity contribution < 1.29 is 17.6 Å². The molecule has 0 bridgehead atoms. The van der Waals surface area contributed by atoms with Gasteiger partial charge in [0.15, 0.2) is 0 Å². The molecule has 0 saturated heterocycles. The smallest absolute Gasteiger partial charge is 0.277 e. The highest BCUT2D eigenvalue weighted by molar-refractivity contribution is 7.99. The summed E-state index contributed by atoms with van der Waals surface area (Å²) in [5.41, 5.74) is 1.29. The van der Waals surface area contributed by atoms with Crippen LogP contribution in [0.15, 0.2) is 44.9 Å². The van der Waals surface area contributed by atoms with Crippen LogP contribution in [0.4, 0.5) is 5.82 Å². The molecule has 3 rings (SSSR count). The second-order valence-electron chi connectivity index (χ2n) is 6.62. The number of carbonyl (C=O) groups is 1. The van der Waals surface area contributed by atoms with E-state index in [0.717, 1.165) is 17.5 Å². The molecule has 166 valence electrons. The summed E-state index contributed by atoms with van der Waals surface area (Å²) in [6, 6.07) is 8.14. The molecule has 0 atom stereocenters. The number of benzene rings is 1. The molecule has 0 fully saturated rings. The maximum atomic E-state index is 12.7. The zero-order valence-electron chi connectivity index (χ0n) is 17.7. The third kappa shape index (κ3) is 5.32. The Labute approximate surface area is 185 Å². The number of nitrogens with one attached hydrogen (secondary N) is 1. The zero-order chi connectivity index (χ0) is 22.6. The van der Waals surface area contributed by atoms with Crippen molar-refractivity contribution in [2.75, 3.05) is 24.2 Å². The van der Waals surface area contributed by atoms with Gasteiger partial charge in [0.25, 0.3) is 5.22 Å². The van der Waals surface area contributed by atoms with Gasteiger partial charge < -0.3 is 9.73 Å². The highest BCUT2D eigenvalue weighted by atomic mass is 32.2. The predicted molar refractivity (Wildman–Crippen MR) is 117 cm³/mol. The first-order valence-corrected chi connectivity index (χ1v) is 12.0. The number of amides is 1. The van der Waals surface area contributed by atoms with Crippen molar-refractivity contribution >= 4 is 33.5 Å². The number of carbonyl (C=O) groups excluding carboxylic acids is 1. The molecule has 3 aromatic rings. The third-order valence-electron chi connectivity index (χ3n) is 4.43. The van der Waals surface area contributed by atoms with Crippen LogP contribution in [0.3, 0.4) is 0 Å². The van der Waals surface area contributed by atoms with E-state index < -0.39 is 10.0 Å². The normalized spacial score (nSPS) is 11.8. The van der Waals surface area contributed by atoms with Crippen LogP contribution in [0, 0.1) is 6.92 Å². The summed E-state index contributed by atoms with van der Waals surface area (Å²) in [5.74, 6) is 0.616. The Hall–Kier alpha value is -2.70. The molecule has 2 heterocycles. The Morgan fingerprint density at radius 3 is 2.61 bits per heavy atom. The fraction of sp³-hybridized carbons (Fsp3) is 0.368. The first-order chi connectivity index (χ1) is 14.7. The summed E-state index contributed by atoms with van der Waals surface area (Å²) >= 11 is 1.09. The second-order valence-corrected chi connectivity index (χ2v) is 9.49. The van der Waals surface area contributed by atoms with Crippen molar-refractivity contribution in [1.82, 2.24) is 24.3 Å². The van der Waals surface area contributed by atoms with Gasteiger partial charge in [-0.15, -0.1) is 10.2 Å². The molecule has 1 N–H and O–H groups in total. The van der Waals surface area contributed by atoms with Crippen LogP contribution in [-0.2, 0) is 21.9 Å². The number of aryl methyl sites for hydroxylation is 2. The van der Waals surface area contributed by atoms with Gasteiger partial charge in [-0.1, -0.05) is 31.7 Å².